The lowest BCUT2D eigenvalue weighted by Crippen LogP contribution is -1.89. The third kappa shape index (κ3) is 21100. The van der Waals surface area contributed by atoms with Crippen molar-refractivity contribution in [2.45, 2.75) is 0 Å². The zero-order valence-electron chi connectivity index (χ0n) is 4.94. The topological polar surface area (TPSA) is 77.8 Å². The maximum atomic E-state index is 8.74. The average molecular weight is 178 g/mol. The minimum absolute atomic E-state index is 1.47. The zero-order chi connectivity index (χ0) is 8.08. The Labute approximate surface area is 58.9 Å². The van der Waals surface area contributed by atoms with Crippen molar-refractivity contribution in [3.63, 3.8) is 0 Å². The molecule has 0 rings (SSSR count). The summed E-state index contributed by atoms with van der Waals surface area (Å²) < 4.78 is 33.1. The van der Waals surface area contributed by atoms with Crippen LogP contribution in [0, 0.1) is 0 Å². The Hall–Kier alpha value is 0.120. The van der Waals surface area contributed by atoms with Gasteiger partial charge >= 0.3 is 10.4 Å². The lowest BCUT2D eigenvalue weighted by atomic mass is 11.3. The third-order valence-corrected chi connectivity index (χ3v) is 0. The van der Waals surface area contributed by atoms with Gasteiger partial charge in [-0.25, -0.2) is 4.42 Å². The van der Waals surface area contributed by atoms with E-state index >= 15 is 0 Å². The molecule has 7 heteroatoms. The van der Waals surface area contributed by atoms with Crippen LogP contribution < -0.4 is 0 Å². The second kappa shape index (κ2) is 4.95. The summed E-state index contributed by atoms with van der Waals surface area (Å²) in [5.41, 5.74) is 0. The minimum atomic E-state index is -4.67. The van der Waals surface area contributed by atoms with Crippen LogP contribution in [-0.2, 0) is 10.4 Å². The second-order valence-corrected chi connectivity index (χ2v) is 2.80. The number of halogens is 1. The first-order chi connectivity index (χ1) is 3.73. The van der Waals surface area contributed by atoms with Crippen LogP contribution in [0.5, 0.6) is 0 Å². The first-order valence-electron chi connectivity index (χ1n) is 1.76. The Balaban J connectivity index is 0. The molecule has 58 valence electrons. The molecule has 0 aliphatic heterocycles. The fourth-order valence-corrected chi connectivity index (χ4v) is 0. The molecule has 0 amide bonds. The SMILES string of the molecule is CN(C)Cl.O=S(=O)(O)O. The number of hydrogen-bond acceptors (Lipinski definition) is 3. The standard InChI is InChI=1S/C2H6ClN.H2O4S/c1-4(2)3;1-5(2,3)4/h1-2H3;(H2,1,2,3,4). The molecule has 0 aliphatic carbocycles. The Morgan fingerprint density at radius 3 is 1.33 bits per heavy atom. The monoisotopic (exact) mass is 177 g/mol. The lowest BCUT2D eigenvalue weighted by Gasteiger charge is -1.85. The molecule has 0 aromatic rings. The van der Waals surface area contributed by atoms with E-state index in [9.17, 15) is 0 Å². The molecule has 0 bridgehead atoms. The van der Waals surface area contributed by atoms with Gasteiger partial charge in [-0.1, -0.05) is 0 Å². The quantitative estimate of drug-likeness (QED) is 0.404. The number of hydrogen-bond donors (Lipinski definition) is 2. The number of nitrogens with zero attached hydrogens (tertiary/aromatic N) is 1. The molecule has 0 aliphatic rings. The molecule has 0 saturated heterocycles. The van der Waals surface area contributed by atoms with E-state index in [2.05, 4.69) is 0 Å². The highest BCUT2D eigenvalue weighted by molar-refractivity contribution is 7.79. The van der Waals surface area contributed by atoms with Crippen LogP contribution in [0.15, 0.2) is 0 Å². The maximum absolute atomic E-state index is 8.74. The van der Waals surface area contributed by atoms with Crippen LogP contribution in [0.2, 0.25) is 0 Å². The van der Waals surface area contributed by atoms with E-state index in [1.54, 1.807) is 14.1 Å². The van der Waals surface area contributed by atoms with Crippen molar-refractivity contribution in [1.82, 2.24) is 4.42 Å². The summed E-state index contributed by atoms with van der Waals surface area (Å²) >= 11 is 5.11. The predicted octanol–water partition coefficient (Wildman–Crippen LogP) is 0.0490. The van der Waals surface area contributed by atoms with Crippen LogP contribution in [-0.4, -0.2) is 36.0 Å². The highest BCUT2D eigenvalue weighted by Crippen LogP contribution is 1.71. The maximum Gasteiger partial charge on any atom is 0.394 e. The summed E-state index contributed by atoms with van der Waals surface area (Å²) in [6.07, 6.45) is 0. The molecule has 0 aromatic heterocycles. The van der Waals surface area contributed by atoms with Gasteiger partial charge in [0.2, 0.25) is 0 Å². The van der Waals surface area contributed by atoms with Crippen LogP contribution in [0.4, 0.5) is 0 Å². The lowest BCUT2D eigenvalue weighted by molar-refractivity contribution is 0.381. The molecular weight excluding hydrogens is 170 g/mol. The van der Waals surface area contributed by atoms with Gasteiger partial charge in [-0.15, -0.1) is 0 Å². The smallest absolute Gasteiger partial charge is 0.264 e. The zero-order valence-corrected chi connectivity index (χ0v) is 6.52. The largest absolute Gasteiger partial charge is 0.394 e. The van der Waals surface area contributed by atoms with Crippen molar-refractivity contribution in [2.75, 3.05) is 14.1 Å². The van der Waals surface area contributed by atoms with Gasteiger partial charge in [0.15, 0.2) is 0 Å². The van der Waals surface area contributed by atoms with Crippen LogP contribution in [0.3, 0.4) is 0 Å². The van der Waals surface area contributed by atoms with Gasteiger partial charge in [0.25, 0.3) is 0 Å². The van der Waals surface area contributed by atoms with E-state index in [4.69, 9.17) is 29.3 Å². The van der Waals surface area contributed by atoms with Crippen LogP contribution >= 0.6 is 11.8 Å². The van der Waals surface area contributed by atoms with E-state index in [0.29, 0.717) is 0 Å². The minimum Gasteiger partial charge on any atom is -0.264 e. The predicted molar refractivity (Wildman–Crippen MR) is 33.7 cm³/mol. The van der Waals surface area contributed by atoms with Crippen LogP contribution in [0.25, 0.3) is 0 Å². The highest BCUT2D eigenvalue weighted by atomic mass is 35.5. The fourth-order valence-electron chi connectivity index (χ4n) is 0. The summed E-state index contributed by atoms with van der Waals surface area (Å²) in [4.78, 5) is 0. The van der Waals surface area contributed by atoms with E-state index < -0.39 is 10.4 Å². The number of rotatable bonds is 0. The molecule has 5 nitrogen and oxygen atoms in total. The van der Waals surface area contributed by atoms with Crippen molar-refractivity contribution in [1.29, 1.82) is 0 Å². The van der Waals surface area contributed by atoms with Gasteiger partial charge in [0.05, 0.1) is 0 Å². The van der Waals surface area contributed by atoms with Crippen molar-refractivity contribution >= 4 is 22.2 Å². The first kappa shape index (κ1) is 11.9. The normalized spacial score (nSPS) is 10.4. The molecule has 0 saturated carbocycles. The van der Waals surface area contributed by atoms with Gasteiger partial charge in [0.1, 0.15) is 0 Å². The molecule has 2 N–H and O–H groups in total. The Morgan fingerprint density at radius 2 is 1.33 bits per heavy atom. The second-order valence-electron chi connectivity index (χ2n) is 1.23. The molecular formula is C2H8ClNO4S. The third-order valence-electron chi connectivity index (χ3n) is 0. The molecule has 0 unspecified atom stereocenters. The first-order valence-corrected chi connectivity index (χ1v) is 3.50. The Kier molecular flexibility index (Phi) is 6.52. The van der Waals surface area contributed by atoms with E-state index in [1.807, 2.05) is 0 Å². The fraction of sp³-hybridized carbons (Fsp3) is 1.00. The van der Waals surface area contributed by atoms with Gasteiger partial charge < -0.3 is 0 Å². The van der Waals surface area contributed by atoms with Gasteiger partial charge in [0, 0.05) is 14.1 Å². The molecule has 0 heterocycles. The highest BCUT2D eigenvalue weighted by Gasteiger charge is 1.84. The van der Waals surface area contributed by atoms with Crippen molar-refractivity contribution < 1.29 is 17.5 Å². The molecule has 0 radical (unpaired) electrons. The van der Waals surface area contributed by atoms with E-state index in [-0.39, 0.29) is 0 Å². The van der Waals surface area contributed by atoms with Crippen LogP contribution in [0.1, 0.15) is 0 Å². The van der Waals surface area contributed by atoms with Crippen molar-refractivity contribution in [3.05, 3.63) is 0 Å². The Morgan fingerprint density at radius 1 is 1.33 bits per heavy atom. The summed E-state index contributed by atoms with van der Waals surface area (Å²) in [5, 5.41) is 0. The van der Waals surface area contributed by atoms with Crippen molar-refractivity contribution in [2.24, 2.45) is 0 Å². The molecule has 0 spiro atoms. The summed E-state index contributed by atoms with van der Waals surface area (Å²) in [5.74, 6) is 0. The average Bonchev–Trinajstić information content (AvgIpc) is 1.19. The summed E-state index contributed by atoms with van der Waals surface area (Å²) in [7, 11) is -1.14. The molecule has 9 heavy (non-hydrogen) atoms. The molecule has 0 atom stereocenters. The van der Waals surface area contributed by atoms with E-state index in [0.717, 1.165) is 0 Å². The van der Waals surface area contributed by atoms with Gasteiger partial charge in [-0.05, 0) is 11.8 Å². The molecule has 0 aromatic carbocycles. The van der Waals surface area contributed by atoms with E-state index in [1.165, 1.54) is 4.42 Å². The summed E-state index contributed by atoms with van der Waals surface area (Å²) in [6.45, 7) is 0. The van der Waals surface area contributed by atoms with Crippen molar-refractivity contribution in [3.8, 4) is 0 Å². The Bertz CT molecular complexity index is 130. The van der Waals surface area contributed by atoms with Gasteiger partial charge in [-0.2, -0.15) is 8.42 Å². The van der Waals surface area contributed by atoms with Gasteiger partial charge in [-0.3, -0.25) is 9.11 Å². The molecule has 0 fully saturated rings. The summed E-state index contributed by atoms with van der Waals surface area (Å²) in [6, 6.07) is 0.